The quantitative estimate of drug-likeness (QED) is 0.611. The number of fused-ring (bicyclic) bond motifs is 3. The Kier molecular flexibility index (Phi) is 3.02. The number of imidazole rings is 1. The van der Waals surface area contributed by atoms with Gasteiger partial charge in [0, 0.05) is 22.2 Å². The summed E-state index contributed by atoms with van der Waals surface area (Å²) < 4.78 is 0.887. The molecule has 0 bridgehead atoms. The van der Waals surface area contributed by atoms with E-state index in [4.69, 9.17) is 5.73 Å². The van der Waals surface area contributed by atoms with Crippen LogP contribution in [0.1, 0.15) is 17.7 Å². The van der Waals surface area contributed by atoms with Gasteiger partial charge in [-0.1, -0.05) is 15.9 Å². The van der Waals surface area contributed by atoms with Gasteiger partial charge in [-0.05, 0) is 30.2 Å². The maximum atomic E-state index is 12.3. The van der Waals surface area contributed by atoms with Crippen LogP contribution in [0, 0.1) is 0 Å². The average Bonchev–Trinajstić information content (AvgIpc) is 2.98. The minimum absolute atomic E-state index is 0.125. The first kappa shape index (κ1) is 14.0. The first-order valence-electron chi connectivity index (χ1n) is 6.99. The number of benzene rings is 1. The minimum Gasteiger partial charge on any atom is -0.492 e. The summed E-state index contributed by atoms with van der Waals surface area (Å²) in [5, 5.41) is 12.9. The van der Waals surface area contributed by atoms with Crippen molar-refractivity contribution in [2.75, 3.05) is 12.3 Å². The molecular formula is C15H12BrN5O2. The molecule has 2 aliphatic rings. The number of aromatic hydroxyl groups is 1. The number of amides is 1. The third-order valence-electron chi connectivity index (χ3n) is 3.88. The van der Waals surface area contributed by atoms with Gasteiger partial charge in [-0.3, -0.25) is 4.79 Å². The zero-order valence-corrected chi connectivity index (χ0v) is 13.4. The van der Waals surface area contributed by atoms with Crippen molar-refractivity contribution in [2.24, 2.45) is 4.99 Å². The largest absolute Gasteiger partial charge is 0.492 e. The van der Waals surface area contributed by atoms with Gasteiger partial charge < -0.3 is 21.1 Å². The number of nitrogens with two attached hydrogens (primary N) is 1. The van der Waals surface area contributed by atoms with Crippen LogP contribution in [0.15, 0.2) is 27.7 Å². The van der Waals surface area contributed by atoms with Crippen LogP contribution in [0.3, 0.4) is 0 Å². The molecule has 0 saturated carbocycles. The second kappa shape index (κ2) is 4.95. The summed E-state index contributed by atoms with van der Waals surface area (Å²) in [6, 6.07) is 5.63. The number of aromatic nitrogens is 2. The van der Waals surface area contributed by atoms with Crippen LogP contribution in [0.5, 0.6) is 5.88 Å². The zero-order chi connectivity index (χ0) is 16.1. The summed E-state index contributed by atoms with van der Waals surface area (Å²) in [6.07, 6.45) is 0.529. The van der Waals surface area contributed by atoms with E-state index in [1.165, 1.54) is 0 Å². The van der Waals surface area contributed by atoms with Gasteiger partial charge in [0.15, 0.2) is 0 Å². The summed E-state index contributed by atoms with van der Waals surface area (Å²) in [5.74, 6) is -0.281. The molecule has 5 N–H and O–H groups in total. The van der Waals surface area contributed by atoms with E-state index in [-0.39, 0.29) is 17.7 Å². The number of aliphatic imine (C=N–C) groups is 1. The normalized spacial score (nSPS) is 16.6. The molecule has 23 heavy (non-hydrogen) atoms. The Morgan fingerprint density at radius 3 is 2.91 bits per heavy atom. The average molecular weight is 374 g/mol. The number of anilines is 1. The van der Waals surface area contributed by atoms with Crippen LogP contribution in [0.4, 0.5) is 11.6 Å². The smallest absolute Gasteiger partial charge is 0.270 e. The fourth-order valence-corrected chi connectivity index (χ4v) is 3.29. The van der Waals surface area contributed by atoms with E-state index in [1.54, 1.807) is 0 Å². The highest BCUT2D eigenvalue weighted by Crippen LogP contribution is 2.43. The summed E-state index contributed by atoms with van der Waals surface area (Å²) in [4.78, 5) is 23.4. The highest BCUT2D eigenvalue weighted by Gasteiger charge is 2.33. The minimum atomic E-state index is -0.228. The fourth-order valence-electron chi connectivity index (χ4n) is 2.93. The van der Waals surface area contributed by atoms with Crippen LogP contribution in [-0.4, -0.2) is 33.2 Å². The van der Waals surface area contributed by atoms with Gasteiger partial charge in [0.1, 0.15) is 11.4 Å². The molecule has 0 radical (unpaired) electrons. The van der Waals surface area contributed by atoms with Crippen molar-refractivity contribution in [3.63, 3.8) is 0 Å². The van der Waals surface area contributed by atoms with Gasteiger partial charge in [0.25, 0.3) is 5.91 Å². The van der Waals surface area contributed by atoms with Gasteiger partial charge in [0.05, 0.1) is 5.69 Å². The molecule has 0 saturated heterocycles. The Morgan fingerprint density at radius 2 is 2.17 bits per heavy atom. The second-order valence-electron chi connectivity index (χ2n) is 5.30. The fraction of sp³-hybridized carbons (Fsp3) is 0.133. The number of halogens is 1. The van der Waals surface area contributed by atoms with Crippen molar-refractivity contribution < 1.29 is 9.90 Å². The predicted molar refractivity (Wildman–Crippen MR) is 90.3 cm³/mol. The SMILES string of the molecule is Nc1nc(O)c(C2=C3C(=Nc4ccc(Br)cc43)C(=O)NCC2)[nH]1. The molecule has 116 valence electrons. The summed E-state index contributed by atoms with van der Waals surface area (Å²) in [5.41, 5.74) is 9.44. The van der Waals surface area contributed by atoms with E-state index in [1.807, 2.05) is 18.2 Å². The van der Waals surface area contributed by atoms with Crippen molar-refractivity contribution >= 4 is 50.3 Å². The highest BCUT2D eigenvalue weighted by atomic mass is 79.9. The first-order chi connectivity index (χ1) is 11.0. The standard InChI is InChI=1S/C15H12BrN5O2/c16-6-1-2-9-8(5-6)10-7(11-14(23)21-15(17)20-11)3-4-18-13(22)12(10)19-9/h1-2,5,23H,3-4H2,(H,18,22)(H3,17,20,21). The van der Waals surface area contributed by atoms with Crippen LogP contribution in [-0.2, 0) is 4.79 Å². The van der Waals surface area contributed by atoms with Crippen LogP contribution >= 0.6 is 15.9 Å². The first-order valence-corrected chi connectivity index (χ1v) is 7.79. The van der Waals surface area contributed by atoms with E-state index in [2.05, 4.69) is 36.2 Å². The van der Waals surface area contributed by atoms with Gasteiger partial charge >= 0.3 is 0 Å². The number of nitrogen functional groups attached to an aromatic ring is 1. The maximum Gasteiger partial charge on any atom is 0.270 e. The second-order valence-corrected chi connectivity index (χ2v) is 6.22. The molecular weight excluding hydrogens is 362 g/mol. The molecule has 0 atom stereocenters. The van der Waals surface area contributed by atoms with Gasteiger partial charge in [-0.2, -0.15) is 4.98 Å². The third-order valence-corrected chi connectivity index (χ3v) is 4.37. The maximum absolute atomic E-state index is 12.3. The number of hydrogen-bond acceptors (Lipinski definition) is 5. The van der Waals surface area contributed by atoms with Crippen molar-refractivity contribution in [1.82, 2.24) is 15.3 Å². The topological polar surface area (TPSA) is 116 Å². The molecule has 1 amide bonds. The molecule has 1 aromatic carbocycles. The van der Waals surface area contributed by atoms with E-state index >= 15 is 0 Å². The lowest BCUT2D eigenvalue weighted by Crippen LogP contribution is -2.29. The molecule has 3 heterocycles. The van der Waals surface area contributed by atoms with Crippen molar-refractivity contribution in [1.29, 1.82) is 0 Å². The molecule has 0 fully saturated rings. The highest BCUT2D eigenvalue weighted by molar-refractivity contribution is 9.10. The number of aromatic amines is 1. The zero-order valence-electron chi connectivity index (χ0n) is 11.9. The molecule has 1 aromatic heterocycles. The molecule has 0 spiro atoms. The lowest BCUT2D eigenvalue weighted by atomic mass is 9.94. The molecule has 2 aliphatic heterocycles. The molecule has 2 aromatic rings. The lowest BCUT2D eigenvalue weighted by molar-refractivity contribution is -0.114. The van der Waals surface area contributed by atoms with Crippen LogP contribution in [0.25, 0.3) is 11.1 Å². The molecule has 7 nitrogen and oxygen atoms in total. The summed E-state index contributed by atoms with van der Waals surface area (Å²) in [6.45, 7) is 0.443. The van der Waals surface area contributed by atoms with Crippen LogP contribution in [0.2, 0.25) is 0 Å². The summed E-state index contributed by atoms with van der Waals surface area (Å²) >= 11 is 3.45. The number of carbonyl (C=O) groups excluding carboxylic acids is 1. The van der Waals surface area contributed by atoms with Gasteiger partial charge in [-0.25, -0.2) is 4.99 Å². The molecule has 0 unspecified atom stereocenters. The number of hydrogen-bond donors (Lipinski definition) is 4. The van der Waals surface area contributed by atoms with Crippen molar-refractivity contribution in [2.45, 2.75) is 6.42 Å². The number of carbonyl (C=O) groups is 1. The predicted octanol–water partition coefficient (Wildman–Crippen LogP) is 1.98. The Bertz CT molecular complexity index is 913. The van der Waals surface area contributed by atoms with Crippen LogP contribution < -0.4 is 11.1 Å². The third kappa shape index (κ3) is 2.14. The number of nitrogens with one attached hydrogen (secondary N) is 2. The molecule has 0 aliphatic carbocycles. The molecule has 4 rings (SSSR count). The number of H-pyrrole nitrogens is 1. The Labute approximate surface area is 139 Å². The molecule has 8 heteroatoms. The van der Waals surface area contributed by atoms with Crippen molar-refractivity contribution in [3.05, 3.63) is 33.9 Å². The van der Waals surface area contributed by atoms with E-state index in [0.29, 0.717) is 29.9 Å². The lowest BCUT2D eigenvalue weighted by Gasteiger charge is -2.09. The van der Waals surface area contributed by atoms with E-state index in [9.17, 15) is 9.90 Å². The van der Waals surface area contributed by atoms with Crippen molar-refractivity contribution in [3.8, 4) is 5.88 Å². The summed E-state index contributed by atoms with van der Waals surface area (Å²) in [7, 11) is 0. The van der Waals surface area contributed by atoms with Gasteiger partial charge in [-0.15, -0.1) is 0 Å². The Balaban J connectivity index is 2.03. The van der Waals surface area contributed by atoms with E-state index < -0.39 is 0 Å². The van der Waals surface area contributed by atoms with E-state index in [0.717, 1.165) is 21.3 Å². The Morgan fingerprint density at radius 1 is 1.35 bits per heavy atom. The number of nitrogens with zero attached hydrogens (tertiary/aromatic N) is 2. The monoisotopic (exact) mass is 373 g/mol. The number of rotatable bonds is 1. The Hall–Kier alpha value is -2.61. The van der Waals surface area contributed by atoms with Gasteiger partial charge in [0.2, 0.25) is 11.8 Å².